The van der Waals surface area contributed by atoms with Gasteiger partial charge in [-0.2, -0.15) is 0 Å². The number of hydrogen-bond donors (Lipinski definition) is 1. The number of aliphatic hydroxyl groups is 1. The molecule has 2 bridgehead atoms. The maximum atomic E-state index is 12.0. The molecule has 2 aliphatic heterocycles. The Labute approximate surface area is 110 Å². The molecule has 2 heterocycles. The van der Waals surface area contributed by atoms with Crippen LogP contribution in [0.25, 0.3) is 0 Å². The molecule has 0 radical (unpaired) electrons. The number of benzene rings is 1. The molecule has 1 aromatic rings. The number of methoxy groups -OCH3 is 1. The molecule has 3 nitrogen and oxygen atoms in total. The minimum absolute atomic E-state index is 0.167. The van der Waals surface area contributed by atoms with Gasteiger partial charge in [-0.15, -0.1) is 0 Å². The molecule has 1 N–H and O–H groups in total. The van der Waals surface area contributed by atoms with Gasteiger partial charge in [0.1, 0.15) is 5.75 Å². The van der Waals surface area contributed by atoms with Crippen LogP contribution in [0.2, 0.25) is 0 Å². The fourth-order valence-electron chi connectivity index (χ4n) is 3.23. The van der Waals surface area contributed by atoms with E-state index < -0.39 is 16.4 Å². The Bertz CT molecular complexity index is 470. The number of hydrogen-bond acceptors (Lipinski definition) is 3. The third-order valence-electron chi connectivity index (χ3n) is 4.21. The van der Waals surface area contributed by atoms with Crippen LogP contribution in [0.15, 0.2) is 24.3 Å². The summed E-state index contributed by atoms with van der Waals surface area (Å²) in [5.41, 5.74) is 0.0734. The van der Waals surface area contributed by atoms with Gasteiger partial charge in [-0.1, -0.05) is 12.1 Å². The highest BCUT2D eigenvalue weighted by atomic mass is 32.2. The summed E-state index contributed by atoms with van der Waals surface area (Å²) in [5.74, 6) is 0.764. The van der Waals surface area contributed by atoms with Gasteiger partial charge < -0.3 is 9.84 Å². The van der Waals surface area contributed by atoms with Crippen molar-refractivity contribution in [2.75, 3.05) is 7.11 Å². The molecule has 0 aliphatic carbocycles. The second kappa shape index (κ2) is 4.35. The van der Waals surface area contributed by atoms with E-state index in [2.05, 4.69) is 0 Å². The third kappa shape index (κ3) is 1.88. The van der Waals surface area contributed by atoms with E-state index in [0.29, 0.717) is 12.8 Å². The van der Waals surface area contributed by atoms with E-state index in [1.807, 2.05) is 24.3 Å². The van der Waals surface area contributed by atoms with Crippen LogP contribution in [-0.4, -0.2) is 26.9 Å². The highest BCUT2D eigenvalue weighted by Gasteiger charge is 2.48. The van der Waals surface area contributed by atoms with Gasteiger partial charge in [0.2, 0.25) is 0 Å². The number of ether oxygens (including phenoxy) is 1. The molecule has 18 heavy (non-hydrogen) atoms. The maximum absolute atomic E-state index is 12.0. The molecular weight excluding hydrogens is 248 g/mol. The summed E-state index contributed by atoms with van der Waals surface area (Å²) in [5, 5.41) is 11.2. The zero-order chi connectivity index (χ0) is 12.8. The van der Waals surface area contributed by atoms with Gasteiger partial charge in [0.15, 0.2) is 0 Å². The molecule has 0 spiro atoms. The Balaban J connectivity index is 1.93. The Morgan fingerprint density at radius 1 is 1.33 bits per heavy atom. The van der Waals surface area contributed by atoms with Crippen LogP contribution in [0.3, 0.4) is 0 Å². The zero-order valence-corrected chi connectivity index (χ0v) is 11.3. The van der Waals surface area contributed by atoms with E-state index in [4.69, 9.17) is 4.74 Å². The summed E-state index contributed by atoms with van der Waals surface area (Å²) in [6.45, 7) is 0. The molecule has 2 atom stereocenters. The Hall–Kier alpha value is -0.870. The van der Waals surface area contributed by atoms with Crippen LogP contribution < -0.4 is 4.74 Å². The average molecular weight is 266 g/mol. The topological polar surface area (TPSA) is 46.5 Å². The lowest BCUT2D eigenvalue weighted by Crippen LogP contribution is -2.40. The second-order valence-corrected chi connectivity index (χ2v) is 7.31. The van der Waals surface area contributed by atoms with Crippen molar-refractivity contribution in [1.29, 1.82) is 0 Å². The first-order valence-electron chi connectivity index (χ1n) is 6.39. The van der Waals surface area contributed by atoms with Crippen molar-refractivity contribution in [2.45, 2.75) is 41.8 Å². The van der Waals surface area contributed by atoms with E-state index in [1.54, 1.807) is 7.11 Å². The fourth-order valence-corrected chi connectivity index (χ4v) is 5.39. The molecular formula is C14H18O3S. The molecule has 0 aromatic heterocycles. The number of rotatable bonds is 2. The highest BCUT2D eigenvalue weighted by Crippen LogP contribution is 2.46. The summed E-state index contributed by atoms with van der Waals surface area (Å²) in [4.78, 5) is 0. The lowest BCUT2D eigenvalue weighted by molar-refractivity contribution is 0.0183. The Kier molecular flexibility index (Phi) is 2.94. The van der Waals surface area contributed by atoms with Gasteiger partial charge in [-0.05, 0) is 43.4 Å². The van der Waals surface area contributed by atoms with Crippen LogP contribution >= 0.6 is 0 Å². The minimum atomic E-state index is -0.825. The van der Waals surface area contributed by atoms with Crippen molar-refractivity contribution in [1.82, 2.24) is 0 Å². The van der Waals surface area contributed by atoms with Gasteiger partial charge in [-0.3, -0.25) is 4.21 Å². The van der Waals surface area contributed by atoms with Crippen molar-refractivity contribution >= 4 is 10.8 Å². The second-order valence-electron chi connectivity index (χ2n) is 5.32. The van der Waals surface area contributed by atoms with E-state index in [-0.39, 0.29) is 10.5 Å². The molecule has 4 heteroatoms. The summed E-state index contributed by atoms with van der Waals surface area (Å²) < 4.78 is 17.2. The van der Waals surface area contributed by atoms with Crippen molar-refractivity contribution in [3.05, 3.63) is 29.8 Å². The highest BCUT2D eigenvalue weighted by molar-refractivity contribution is 7.86. The van der Waals surface area contributed by atoms with E-state index >= 15 is 0 Å². The van der Waals surface area contributed by atoms with Crippen LogP contribution in [-0.2, 0) is 16.4 Å². The monoisotopic (exact) mass is 266 g/mol. The zero-order valence-electron chi connectivity index (χ0n) is 10.5. The van der Waals surface area contributed by atoms with Crippen molar-refractivity contribution in [3.8, 4) is 5.75 Å². The quantitative estimate of drug-likeness (QED) is 0.890. The van der Waals surface area contributed by atoms with Crippen LogP contribution in [0.5, 0.6) is 5.75 Å². The lowest BCUT2D eigenvalue weighted by Gasteiger charge is -2.36. The largest absolute Gasteiger partial charge is 0.497 e. The van der Waals surface area contributed by atoms with Gasteiger partial charge in [-0.25, -0.2) is 0 Å². The molecule has 2 fully saturated rings. The SMILES string of the molecule is COc1cccc(C2(O)CC3CCC(C2)S3=O)c1. The first kappa shape index (κ1) is 12.2. The summed E-state index contributed by atoms with van der Waals surface area (Å²) in [6.07, 6.45) is 3.21. The van der Waals surface area contributed by atoms with Gasteiger partial charge in [0.25, 0.3) is 0 Å². The predicted octanol–water partition coefficient (Wildman–Crippen LogP) is 1.96. The van der Waals surface area contributed by atoms with Crippen LogP contribution in [0, 0.1) is 0 Å². The predicted molar refractivity (Wildman–Crippen MR) is 71.1 cm³/mol. The van der Waals surface area contributed by atoms with Gasteiger partial charge in [0, 0.05) is 21.3 Å². The summed E-state index contributed by atoms with van der Waals surface area (Å²) in [6, 6.07) is 7.62. The summed E-state index contributed by atoms with van der Waals surface area (Å²) >= 11 is 0. The third-order valence-corrected chi connectivity index (χ3v) is 6.32. The van der Waals surface area contributed by atoms with E-state index in [1.165, 1.54) is 0 Å². The van der Waals surface area contributed by atoms with Gasteiger partial charge >= 0.3 is 0 Å². The molecule has 0 saturated carbocycles. The van der Waals surface area contributed by atoms with E-state index in [9.17, 15) is 9.32 Å². The molecule has 2 saturated heterocycles. The van der Waals surface area contributed by atoms with Gasteiger partial charge in [0.05, 0.1) is 12.7 Å². The van der Waals surface area contributed by atoms with Crippen molar-refractivity contribution < 1.29 is 14.1 Å². The van der Waals surface area contributed by atoms with Crippen LogP contribution in [0.4, 0.5) is 0 Å². The maximum Gasteiger partial charge on any atom is 0.119 e. The number of fused-ring (bicyclic) bond motifs is 2. The van der Waals surface area contributed by atoms with Crippen LogP contribution in [0.1, 0.15) is 31.2 Å². The Morgan fingerprint density at radius 3 is 2.61 bits per heavy atom. The Morgan fingerprint density at radius 2 is 2.00 bits per heavy atom. The van der Waals surface area contributed by atoms with E-state index in [0.717, 1.165) is 24.2 Å². The average Bonchev–Trinajstić information content (AvgIpc) is 2.63. The first-order chi connectivity index (χ1) is 8.62. The molecule has 1 aromatic carbocycles. The normalized spacial score (nSPS) is 38.7. The molecule has 98 valence electrons. The smallest absolute Gasteiger partial charge is 0.119 e. The molecule has 2 aliphatic rings. The summed E-state index contributed by atoms with van der Waals surface area (Å²) in [7, 11) is 0.890. The lowest BCUT2D eigenvalue weighted by atomic mass is 9.86. The molecule has 0 amide bonds. The first-order valence-corrected chi connectivity index (χ1v) is 7.66. The molecule has 2 unspecified atom stereocenters. The van der Waals surface area contributed by atoms with Crippen molar-refractivity contribution in [2.24, 2.45) is 0 Å². The molecule has 3 rings (SSSR count). The standard InChI is InChI=1S/C14H18O3S/c1-17-11-4-2-3-10(7-11)14(15)8-12-5-6-13(9-14)18(12)16/h2-4,7,12-13,15H,5-6,8-9H2,1H3. The van der Waals surface area contributed by atoms with Crippen molar-refractivity contribution in [3.63, 3.8) is 0 Å². The fraction of sp³-hybridized carbons (Fsp3) is 0.571. The minimum Gasteiger partial charge on any atom is -0.497 e.